The predicted molar refractivity (Wildman–Crippen MR) is 72.2 cm³/mol. The normalized spacial score (nSPS) is 10.3. The molecular formula is C12H16N4OS. The molecule has 2 aromatic heterocycles. The Balaban J connectivity index is 1.86. The zero-order valence-corrected chi connectivity index (χ0v) is 11.3. The van der Waals surface area contributed by atoms with E-state index < -0.39 is 0 Å². The third-order valence-corrected chi connectivity index (χ3v) is 3.38. The minimum absolute atomic E-state index is 0.600. The Morgan fingerprint density at radius 2 is 2.28 bits per heavy atom. The number of rotatable bonds is 6. The van der Waals surface area contributed by atoms with Crippen LogP contribution in [0.15, 0.2) is 17.8 Å². The van der Waals surface area contributed by atoms with E-state index in [9.17, 15) is 0 Å². The van der Waals surface area contributed by atoms with Crippen LogP contribution in [0.2, 0.25) is 0 Å². The number of anilines is 1. The maximum Gasteiger partial charge on any atom is 0.225 e. The molecule has 0 saturated carbocycles. The lowest BCUT2D eigenvalue weighted by Gasteiger charge is -2.06. The largest absolute Gasteiger partial charge is 0.477 e. The van der Waals surface area contributed by atoms with Gasteiger partial charge in [-0.05, 0) is 13.8 Å². The van der Waals surface area contributed by atoms with Gasteiger partial charge in [0, 0.05) is 30.1 Å². The third-order valence-electron chi connectivity index (χ3n) is 2.39. The second-order valence-corrected chi connectivity index (χ2v) is 4.65. The van der Waals surface area contributed by atoms with Crippen molar-refractivity contribution in [2.45, 2.75) is 20.3 Å². The molecule has 0 bridgehead atoms. The van der Waals surface area contributed by atoms with E-state index in [0.29, 0.717) is 18.4 Å². The average molecular weight is 264 g/mol. The minimum Gasteiger partial charge on any atom is -0.477 e. The summed E-state index contributed by atoms with van der Waals surface area (Å²) in [6, 6.07) is 1.76. The van der Waals surface area contributed by atoms with Gasteiger partial charge in [0.2, 0.25) is 11.8 Å². The van der Waals surface area contributed by atoms with Crippen LogP contribution in [0.5, 0.6) is 5.88 Å². The fourth-order valence-corrected chi connectivity index (χ4v) is 2.24. The average Bonchev–Trinajstić information content (AvgIpc) is 2.76. The zero-order valence-electron chi connectivity index (χ0n) is 10.5. The molecule has 5 nitrogen and oxygen atoms in total. The number of hydrogen-bond donors (Lipinski definition) is 1. The summed E-state index contributed by atoms with van der Waals surface area (Å²) in [5, 5.41) is 3.05. The summed E-state index contributed by atoms with van der Waals surface area (Å²) in [5.41, 5.74) is 2.94. The van der Waals surface area contributed by atoms with Crippen LogP contribution in [0.25, 0.3) is 0 Å². The van der Waals surface area contributed by atoms with Gasteiger partial charge in [-0.2, -0.15) is 4.98 Å². The highest BCUT2D eigenvalue weighted by molar-refractivity contribution is 7.09. The zero-order chi connectivity index (χ0) is 12.8. The van der Waals surface area contributed by atoms with Crippen molar-refractivity contribution >= 4 is 17.3 Å². The number of ether oxygens (including phenoxy) is 1. The van der Waals surface area contributed by atoms with Gasteiger partial charge in [-0.25, -0.2) is 9.97 Å². The van der Waals surface area contributed by atoms with Crippen LogP contribution in [-0.4, -0.2) is 28.1 Å². The van der Waals surface area contributed by atoms with Crippen LogP contribution in [-0.2, 0) is 6.42 Å². The fraction of sp³-hybridized carbons (Fsp3) is 0.417. The maximum atomic E-state index is 5.61. The van der Waals surface area contributed by atoms with Gasteiger partial charge in [-0.3, -0.25) is 0 Å². The SMILES string of the molecule is CCNc1nccc(OCCc2scnc2C)n1. The molecule has 1 N–H and O–H groups in total. The summed E-state index contributed by atoms with van der Waals surface area (Å²) >= 11 is 1.66. The van der Waals surface area contributed by atoms with Crippen molar-refractivity contribution in [3.63, 3.8) is 0 Å². The number of aromatic nitrogens is 3. The quantitative estimate of drug-likeness (QED) is 0.867. The molecule has 2 heterocycles. The van der Waals surface area contributed by atoms with E-state index in [2.05, 4.69) is 20.3 Å². The van der Waals surface area contributed by atoms with Gasteiger partial charge in [0.05, 0.1) is 17.8 Å². The van der Waals surface area contributed by atoms with Gasteiger partial charge in [0.1, 0.15) is 0 Å². The van der Waals surface area contributed by atoms with Crippen LogP contribution in [0.4, 0.5) is 5.95 Å². The Kier molecular flexibility index (Phi) is 4.46. The summed E-state index contributed by atoms with van der Waals surface area (Å²) < 4.78 is 5.61. The first-order valence-electron chi connectivity index (χ1n) is 5.88. The molecule has 0 fully saturated rings. The van der Waals surface area contributed by atoms with Crippen molar-refractivity contribution < 1.29 is 4.74 Å². The van der Waals surface area contributed by atoms with Crippen molar-refractivity contribution in [2.24, 2.45) is 0 Å². The van der Waals surface area contributed by atoms with Crippen LogP contribution in [0.3, 0.4) is 0 Å². The molecular weight excluding hydrogens is 248 g/mol. The first-order chi connectivity index (χ1) is 8.79. The monoisotopic (exact) mass is 264 g/mol. The van der Waals surface area contributed by atoms with E-state index in [-0.39, 0.29) is 0 Å². The van der Waals surface area contributed by atoms with Gasteiger partial charge >= 0.3 is 0 Å². The molecule has 0 aliphatic heterocycles. The second kappa shape index (κ2) is 6.30. The molecule has 0 spiro atoms. The number of thiazole rings is 1. The molecule has 0 aliphatic carbocycles. The molecule has 0 atom stereocenters. The van der Waals surface area contributed by atoms with E-state index in [1.54, 1.807) is 23.6 Å². The standard InChI is InChI=1S/C12H16N4OS/c1-3-13-12-14-6-4-11(16-12)17-7-5-10-9(2)15-8-18-10/h4,6,8H,3,5,7H2,1-2H3,(H,13,14,16). The molecule has 18 heavy (non-hydrogen) atoms. The number of hydrogen-bond acceptors (Lipinski definition) is 6. The summed E-state index contributed by atoms with van der Waals surface area (Å²) in [6.45, 7) is 5.42. The van der Waals surface area contributed by atoms with Crippen LogP contribution >= 0.6 is 11.3 Å². The summed E-state index contributed by atoms with van der Waals surface area (Å²) in [5.74, 6) is 1.20. The first-order valence-corrected chi connectivity index (χ1v) is 6.76. The second-order valence-electron chi connectivity index (χ2n) is 3.71. The van der Waals surface area contributed by atoms with Gasteiger partial charge in [0.25, 0.3) is 0 Å². The number of aryl methyl sites for hydroxylation is 1. The van der Waals surface area contributed by atoms with Gasteiger partial charge in [0.15, 0.2) is 0 Å². The minimum atomic E-state index is 0.600. The Morgan fingerprint density at radius 1 is 1.39 bits per heavy atom. The predicted octanol–water partition coefficient (Wildman–Crippen LogP) is 2.29. The molecule has 0 aromatic carbocycles. The van der Waals surface area contributed by atoms with E-state index in [0.717, 1.165) is 18.7 Å². The van der Waals surface area contributed by atoms with Crippen molar-refractivity contribution in [1.29, 1.82) is 0 Å². The van der Waals surface area contributed by atoms with Crippen LogP contribution < -0.4 is 10.1 Å². The van der Waals surface area contributed by atoms with Crippen molar-refractivity contribution in [1.82, 2.24) is 15.0 Å². The maximum absolute atomic E-state index is 5.61. The van der Waals surface area contributed by atoms with E-state index in [1.807, 2.05) is 19.4 Å². The highest BCUT2D eigenvalue weighted by Crippen LogP contribution is 2.14. The smallest absolute Gasteiger partial charge is 0.225 e. The van der Waals surface area contributed by atoms with Crippen molar-refractivity contribution in [2.75, 3.05) is 18.5 Å². The molecule has 0 aliphatic rings. The van der Waals surface area contributed by atoms with Crippen LogP contribution in [0, 0.1) is 6.92 Å². The molecule has 0 radical (unpaired) electrons. The summed E-state index contributed by atoms with van der Waals surface area (Å²) in [7, 11) is 0. The van der Waals surface area contributed by atoms with Gasteiger partial charge in [-0.1, -0.05) is 0 Å². The highest BCUT2D eigenvalue weighted by atomic mass is 32.1. The Bertz CT molecular complexity index is 500. The number of nitrogens with zero attached hydrogens (tertiary/aromatic N) is 3. The van der Waals surface area contributed by atoms with Crippen molar-refractivity contribution in [3.8, 4) is 5.88 Å². The van der Waals surface area contributed by atoms with E-state index in [4.69, 9.17) is 4.74 Å². The van der Waals surface area contributed by atoms with Gasteiger partial charge < -0.3 is 10.1 Å². The first kappa shape index (κ1) is 12.8. The lowest BCUT2D eigenvalue weighted by Crippen LogP contribution is -2.06. The Hall–Kier alpha value is -1.69. The van der Waals surface area contributed by atoms with E-state index >= 15 is 0 Å². The Morgan fingerprint density at radius 3 is 3.00 bits per heavy atom. The van der Waals surface area contributed by atoms with E-state index in [1.165, 1.54) is 4.88 Å². The molecule has 6 heteroatoms. The topological polar surface area (TPSA) is 59.9 Å². The molecule has 0 saturated heterocycles. The van der Waals surface area contributed by atoms with Gasteiger partial charge in [-0.15, -0.1) is 11.3 Å². The summed E-state index contributed by atoms with van der Waals surface area (Å²) in [4.78, 5) is 13.8. The molecule has 0 amide bonds. The Labute approximate surface area is 110 Å². The van der Waals surface area contributed by atoms with Crippen LogP contribution in [0.1, 0.15) is 17.5 Å². The lowest BCUT2D eigenvalue weighted by atomic mass is 10.3. The van der Waals surface area contributed by atoms with Crippen molar-refractivity contribution in [3.05, 3.63) is 28.3 Å². The highest BCUT2D eigenvalue weighted by Gasteiger charge is 2.03. The molecule has 96 valence electrons. The summed E-state index contributed by atoms with van der Waals surface area (Å²) in [6.07, 6.45) is 2.55. The fourth-order valence-electron chi connectivity index (χ4n) is 1.48. The molecule has 2 rings (SSSR count). The number of nitrogens with one attached hydrogen (secondary N) is 1. The lowest BCUT2D eigenvalue weighted by molar-refractivity contribution is 0.310. The third kappa shape index (κ3) is 3.40. The molecule has 0 unspecified atom stereocenters. The molecule has 2 aromatic rings.